The average molecular weight is 294 g/mol. The molecule has 0 heterocycles. The second kappa shape index (κ2) is 9.03. The fourth-order valence-corrected chi connectivity index (χ4v) is 2.94. The topological polar surface area (TPSA) is 56.5 Å². The molecule has 0 saturated heterocycles. The van der Waals surface area contributed by atoms with E-state index in [1.165, 1.54) is 5.56 Å². The molecule has 4 nitrogen and oxygen atoms in total. The number of rotatable bonds is 10. The Kier molecular flexibility index (Phi) is 7.72. The third-order valence-electron chi connectivity index (χ3n) is 4.35. The zero-order valence-electron chi connectivity index (χ0n) is 13.8. The summed E-state index contributed by atoms with van der Waals surface area (Å²) in [5, 5.41) is 0. The van der Waals surface area contributed by atoms with Crippen LogP contribution in [-0.4, -0.2) is 25.4 Å². The summed E-state index contributed by atoms with van der Waals surface area (Å²) < 4.78 is 11.2. The number of hydrogen-bond donors (Lipinski definition) is 2. The van der Waals surface area contributed by atoms with Crippen LogP contribution >= 0.6 is 0 Å². The molecule has 0 saturated carbocycles. The van der Waals surface area contributed by atoms with Crippen molar-refractivity contribution in [3.8, 4) is 5.75 Å². The first-order valence-electron chi connectivity index (χ1n) is 7.88. The molecule has 0 aliphatic carbocycles. The monoisotopic (exact) mass is 294 g/mol. The van der Waals surface area contributed by atoms with E-state index in [0.717, 1.165) is 31.4 Å². The fraction of sp³-hybridized carbons (Fsp3) is 0.647. The van der Waals surface area contributed by atoms with Gasteiger partial charge in [-0.15, -0.1) is 0 Å². The van der Waals surface area contributed by atoms with Crippen LogP contribution in [0.1, 0.15) is 45.6 Å². The molecule has 120 valence electrons. The van der Waals surface area contributed by atoms with E-state index >= 15 is 0 Å². The molecule has 1 rings (SSSR count). The highest BCUT2D eigenvalue weighted by Crippen LogP contribution is 2.27. The van der Waals surface area contributed by atoms with Crippen LogP contribution in [-0.2, 0) is 11.2 Å². The van der Waals surface area contributed by atoms with Crippen LogP contribution in [0, 0.1) is 0 Å². The number of hydrogen-bond acceptors (Lipinski definition) is 4. The smallest absolute Gasteiger partial charge is 0.118 e. The van der Waals surface area contributed by atoms with Gasteiger partial charge in [0, 0.05) is 6.61 Å². The molecule has 4 heteroatoms. The molecule has 1 aromatic carbocycles. The highest BCUT2D eigenvalue weighted by atomic mass is 16.5. The van der Waals surface area contributed by atoms with Gasteiger partial charge in [0.1, 0.15) is 5.75 Å². The van der Waals surface area contributed by atoms with Crippen molar-refractivity contribution in [2.24, 2.45) is 5.84 Å². The van der Waals surface area contributed by atoms with Crippen molar-refractivity contribution in [1.82, 2.24) is 5.43 Å². The number of nitrogens with two attached hydrogens (primary N) is 1. The lowest BCUT2D eigenvalue weighted by molar-refractivity contribution is -0.0737. The Labute approximate surface area is 129 Å². The maximum Gasteiger partial charge on any atom is 0.118 e. The summed E-state index contributed by atoms with van der Waals surface area (Å²) in [6.45, 7) is 7.08. The minimum atomic E-state index is -0.185. The van der Waals surface area contributed by atoms with Gasteiger partial charge in [0.25, 0.3) is 0 Å². The molecule has 1 unspecified atom stereocenters. The Morgan fingerprint density at radius 1 is 1.14 bits per heavy atom. The normalized spacial score (nSPS) is 13.2. The van der Waals surface area contributed by atoms with E-state index in [2.05, 4.69) is 31.4 Å². The molecular weight excluding hydrogens is 264 g/mol. The van der Waals surface area contributed by atoms with Gasteiger partial charge in [-0.2, -0.15) is 0 Å². The van der Waals surface area contributed by atoms with Gasteiger partial charge >= 0.3 is 0 Å². The quantitative estimate of drug-likeness (QED) is 0.514. The zero-order valence-corrected chi connectivity index (χ0v) is 13.8. The first kappa shape index (κ1) is 18.0. The molecule has 1 aromatic rings. The lowest BCUT2D eigenvalue weighted by atomic mass is 9.85. The SMILES string of the molecule is CCOC(CC)(CC)C(CCc1ccc(OC)cc1)NN. The van der Waals surface area contributed by atoms with Gasteiger partial charge < -0.3 is 9.47 Å². The summed E-state index contributed by atoms with van der Waals surface area (Å²) in [4.78, 5) is 0. The van der Waals surface area contributed by atoms with Crippen molar-refractivity contribution >= 4 is 0 Å². The Balaban J connectivity index is 2.71. The molecule has 0 aromatic heterocycles. The van der Waals surface area contributed by atoms with Gasteiger partial charge in [0.2, 0.25) is 0 Å². The lowest BCUT2D eigenvalue weighted by Crippen LogP contribution is -2.54. The first-order valence-corrected chi connectivity index (χ1v) is 7.88. The van der Waals surface area contributed by atoms with E-state index in [0.29, 0.717) is 6.61 Å². The molecule has 21 heavy (non-hydrogen) atoms. The molecule has 0 aliphatic heterocycles. The minimum Gasteiger partial charge on any atom is -0.497 e. The van der Waals surface area contributed by atoms with Gasteiger partial charge in [-0.1, -0.05) is 26.0 Å². The largest absolute Gasteiger partial charge is 0.497 e. The van der Waals surface area contributed by atoms with Gasteiger partial charge in [-0.3, -0.25) is 11.3 Å². The standard InChI is InChI=1S/C17H30N2O2/c1-5-17(6-2,21-7-3)16(19-18)13-10-14-8-11-15(20-4)12-9-14/h8-9,11-12,16,19H,5-7,10,13,18H2,1-4H3. The summed E-state index contributed by atoms with van der Waals surface area (Å²) in [5.74, 6) is 6.69. The summed E-state index contributed by atoms with van der Waals surface area (Å²) >= 11 is 0. The molecule has 0 aliphatic rings. The summed E-state index contributed by atoms with van der Waals surface area (Å²) in [5.41, 5.74) is 4.07. The predicted molar refractivity (Wildman–Crippen MR) is 87.4 cm³/mol. The van der Waals surface area contributed by atoms with E-state index in [1.807, 2.05) is 19.1 Å². The average Bonchev–Trinajstić information content (AvgIpc) is 2.54. The van der Waals surface area contributed by atoms with Crippen molar-refractivity contribution in [2.45, 2.75) is 58.1 Å². The Hall–Kier alpha value is -1.10. The maximum atomic E-state index is 6.04. The van der Waals surface area contributed by atoms with E-state index in [4.69, 9.17) is 15.3 Å². The zero-order chi connectivity index (χ0) is 15.7. The van der Waals surface area contributed by atoms with Crippen LogP contribution in [0.5, 0.6) is 5.75 Å². The number of benzene rings is 1. The molecular formula is C17H30N2O2. The number of methoxy groups -OCH3 is 1. The highest BCUT2D eigenvalue weighted by Gasteiger charge is 2.35. The van der Waals surface area contributed by atoms with Crippen LogP contribution in [0.2, 0.25) is 0 Å². The fourth-order valence-electron chi connectivity index (χ4n) is 2.94. The number of ether oxygens (including phenoxy) is 2. The third-order valence-corrected chi connectivity index (χ3v) is 4.35. The van der Waals surface area contributed by atoms with Gasteiger partial charge in [0.05, 0.1) is 18.8 Å². The van der Waals surface area contributed by atoms with Crippen molar-refractivity contribution < 1.29 is 9.47 Å². The van der Waals surface area contributed by atoms with Crippen LogP contribution in [0.3, 0.4) is 0 Å². The summed E-state index contributed by atoms with van der Waals surface area (Å²) in [7, 11) is 1.68. The molecule has 0 spiro atoms. The molecule has 0 bridgehead atoms. The predicted octanol–water partition coefficient (Wildman–Crippen LogP) is 3.06. The van der Waals surface area contributed by atoms with Gasteiger partial charge in [-0.05, 0) is 50.3 Å². The van der Waals surface area contributed by atoms with E-state index in [-0.39, 0.29) is 11.6 Å². The van der Waals surface area contributed by atoms with Gasteiger partial charge in [-0.25, -0.2) is 0 Å². The second-order valence-corrected chi connectivity index (χ2v) is 5.31. The van der Waals surface area contributed by atoms with Crippen molar-refractivity contribution in [3.63, 3.8) is 0 Å². The first-order chi connectivity index (χ1) is 10.2. The molecule has 0 amide bonds. The van der Waals surface area contributed by atoms with Crippen LogP contribution in [0.25, 0.3) is 0 Å². The highest BCUT2D eigenvalue weighted by molar-refractivity contribution is 5.27. The molecule has 3 N–H and O–H groups in total. The number of nitrogens with one attached hydrogen (secondary N) is 1. The molecule has 1 atom stereocenters. The van der Waals surface area contributed by atoms with Crippen molar-refractivity contribution in [3.05, 3.63) is 29.8 Å². The van der Waals surface area contributed by atoms with Crippen LogP contribution in [0.4, 0.5) is 0 Å². The maximum absolute atomic E-state index is 6.04. The Morgan fingerprint density at radius 2 is 1.76 bits per heavy atom. The third kappa shape index (κ3) is 4.70. The van der Waals surface area contributed by atoms with Crippen LogP contribution in [0.15, 0.2) is 24.3 Å². The second-order valence-electron chi connectivity index (χ2n) is 5.31. The Bertz CT molecular complexity index is 388. The van der Waals surface area contributed by atoms with Gasteiger partial charge in [0.15, 0.2) is 0 Å². The van der Waals surface area contributed by atoms with Crippen molar-refractivity contribution in [2.75, 3.05) is 13.7 Å². The summed E-state index contributed by atoms with van der Waals surface area (Å²) in [6.07, 6.45) is 3.82. The molecule has 0 fully saturated rings. The van der Waals surface area contributed by atoms with E-state index < -0.39 is 0 Å². The van der Waals surface area contributed by atoms with E-state index in [9.17, 15) is 0 Å². The van der Waals surface area contributed by atoms with Crippen molar-refractivity contribution in [1.29, 1.82) is 0 Å². The number of aryl methyl sites for hydroxylation is 1. The number of hydrazine groups is 1. The lowest BCUT2D eigenvalue weighted by Gasteiger charge is -2.39. The minimum absolute atomic E-state index is 0.148. The molecule has 0 radical (unpaired) electrons. The Morgan fingerprint density at radius 3 is 2.19 bits per heavy atom. The summed E-state index contributed by atoms with van der Waals surface area (Å²) in [6, 6.07) is 8.35. The van der Waals surface area contributed by atoms with E-state index in [1.54, 1.807) is 7.11 Å². The van der Waals surface area contributed by atoms with Crippen LogP contribution < -0.4 is 16.0 Å².